The first-order chi connectivity index (χ1) is 11.1. The number of rotatable bonds is 4. The van der Waals surface area contributed by atoms with Gasteiger partial charge in [-0.3, -0.25) is 4.79 Å². The van der Waals surface area contributed by atoms with Gasteiger partial charge in [0, 0.05) is 10.6 Å². The van der Waals surface area contributed by atoms with E-state index in [9.17, 15) is 9.90 Å². The Labute approximate surface area is 140 Å². The van der Waals surface area contributed by atoms with Gasteiger partial charge in [-0.05, 0) is 35.4 Å². The van der Waals surface area contributed by atoms with E-state index in [-0.39, 0.29) is 5.78 Å². The molecule has 0 spiro atoms. The summed E-state index contributed by atoms with van der Waals surface area (Å²) in [5.74, 6) is -0.383. The average molecular weight is 323 g/mol. The molecule has 0 fully saturated rings. The summed E-state index contributed by atoms with van der Waals surface area (Å²) in [6, 6.07) is 24.5. The van der Waals surface area contributed by atoms with E-state index in [1.165, 1.54) is 0 Å². The van der Waals surface area contributed by atoms with Gasteiger partial charge in [-0.2, -0.15) is 0 Å². The highest BCUT2D eigenvalue weighted by Gasteiger charge is 2.40. The maximum Gasteiger partial charge on any atom is 0.203 e. The molecule has 0 heterocycles. The molecule has 3 aromatic carbocycles. The van der Waals surface area contributed by atoms with Gasteiger partial charge in [0.15, 0.2) is 5.60 Å². The second-order valence-electron chi connectivity index (χ2n) is 5.28. The molecule has 3 heteroatoms. The second kappa shape index (κ2) is 6.37. The van der Waals surface area contributed by atoms with Crippen molar-refractivity contribution in [2.45, 2.75) is 5.60 Å². The first-order valence-corrected chi connectivity index (χ1v) is 7.64. The average Bonchev–Trinajstić information content (AvgIpc) is 2.62. The number of aliphatic hydroxyl groups is 1. The normalized spacial score (nSPS) is 11.2. The third-order valence-corrected chi connectivity index (χ3v) is 4.07. The molecule has 0 amide bonds. The Morgan fingerprint density at radius 2 is 1.17 bits per heavy atom. The molecular weight excluding hydrogens is 308 g/mol. The van der Waals surface area contributed by atoms with E-state index >= 15 is 0 Å². The Bertz CT molecular complexity index is 757. The smallest absolute Gasteiger partial charge is 0.203 e. The van der Waals surface area contributed by atoms with E-state index in [1.807, 2.05) is 12.1 Å². The fraction of sp³-hybridized carbons (Fsp3) is 0.0500. The molecule has 0 aliphatic rings. The van der Waals surface area contributed by atoms with Gasteiger partial charge < -0.3 is 5.11 Å². The van der Waals surface area contributed by atoms with Gasteiger partial charge in [0.25, 0.3) is 0 Å². The molecule has 3 rings (SSSR count). The van der Waals surface area contributed by atoms with Crippen LogP contribution in [0.4, 0.5) is 0 Å². The Balaban J connectivity index is 2.16. The van der Waals surface area contributed by atoms with Gasteiger partial charge in [-0.15, -0.1) is 0 Å². The number of carbonyl (C=O) groups excluding carboxylic acids is 1. The Hall–Kier alpha value is -2.42. The first-order valence-electron chi connectivity index (χ1n) is 7.26. The first kappa shape index (κ1) is 15.5. The van der Waals surface area contributed by atoms with Crippen LogP contribution >= 0.6 is 11.6 Å². The largest absolute Gasteiger partial charge is 0.373 e. The van der Waals surface area contributed by atoms with Crippen LogP contribution in [0.25, 0.3) is 0 Å². The zero-order valence-corrected chi connectivity index (χ0v) is 13.1. The predicted molar refractivity (Wildman–Crippen MR) is 91.7 cm³/mol. The molecule has 0 saturated carbocycles. The highest BCUT2D eigenvalue weighted by Crippen LogP contribution is 2.33. The molecule has 2 nitrogen and oxygen atoms in total. The molecule has 0 aliphatic carbocycles. The maximum absolute atomic E-state index is 13.1. The van der Waals surface area contributed by atoms with E-state index in [1.54, 1.807) is 72.8 Å². The van der Waals surface area contributed by atoms with Crippen LogP contribution in [0.2, 0.25) is 5.02 Å². The summed E-state index contributed by atoms with van der Waals surface area (Å²) in [4.78, 5) is 13.1. The van der Waals surface area contributed by atoms with Crippen molar-refractivity contribution in [2.75, 3.05) is 0 Å². The fourth-order valence-corrected chi connectivity index (χ4v) is 2.72. The third-order valence-electron chi connectivity index (χ3n) is 3.82. The van der Waals surface area contributed by atoms with Crippen molar-refractivity contribution in [3.63, 3.8) is 0 Å². The van der Waals surface area contributed by atoms with Crippen LogP contribution in [0.3, 0.4) is 0 Å². The fourth-order valence-electron chi connectivity index (χ4n) is 2.60. The minimum Gasteiger partial charge on any atom is -0.373 e. The van der Waals surface area contributed by atoms with Gasteiger partial charge in [-0.1, -0.05) is 72.3 Å². The minimum absolute atomic E-state index is 0.383. The molecule has 0 bridgehead atoms. The van der Waals surface area contributed by atoms with E-state index in [4.69, 9.17) is 11.6 Å². The Kier molecular flexibility index (Phi) is 4.28. The van der Waals surface area contributed by atoms with Gasteiger partial charge >= 0.3 is 0 Å². The monoisotopic (exact) mass is 322 g/mol. The number of hydrogen-bond acceptors (Lipinski definition) is 2. The van der Waals surface area contributed by atoms with E-state index in [2.05, 4.69) is 0 Å². The number of Topliss-reactive ketones (excluding diaryl/α,β-unsaturated/α-hetero) is 1. The number of halogens is 1. The minimum atomic E-state index is -1.74. The zero-order valence-electron chi connectivity index (χ0n) is 12.3. The molecule has 0 aromatic heterocycles. The van der Waals surface area contributed by atoms with Crippen molar-refractivity contribution in [2.24, 2.45) is 0 Å². The zero-order chi connectivity index (χ0) is 16.3. The molecule has 0 atom stereocenters. The Morgan fingerprint density at radius 1 is 0.739 bits per heavy atom. The molecule has 114 valence electrons. The highest BCUT2D eigenvalue weighted by molar-refractivity contribution is 6.30. The van der Waals surface area contributed by atoms with Crippen molar-refractivity contribution in [3.8, 4) is 0 Å². The summed E-state index contributed by atoms with van der Waals surface area (Å²) in [7, 11) is 0. The molecule has 0 radical (unpaired) electrons. The predicted octanol–water partition coefficient (Wildman–Crippen LogP) is 4.46. The number of ketones is 1. The van der Waals surface area contributed by atoms with Gasteiger partial charge in [0.2, 0.25) is 5.78 Å². The van der Waals surface area contributed by atoms with Crippen molar-refractivity contribution in [1.29, 1.82) is 0 Å². The van der Waals surface area contributed by atoms with Crippen LogP contribution in [0, 0.1) is 0 Å². The topological polar surface area (TPSA) is 37.3 Å². The van der Waals surface area contributed by atoms with Crippen molar-refractivity contribution in [3.05, 3.63) is 107 Å². The van der Waals surface area contributed by atoms with Gasteiger partial charge in [-0.25, -0.2) is 0 Å². The number of hydrogen-bond donors (Lipinski definition) is 1. The lowest BCUT2D eigenvalue weighted by Crippen LogP contribution is -2.37. The molecule has 0 unspecified atom stereocenters. The summed E-state index contributed by atoms with van der Waals surface area (Å²) in [5.41, 5.74) is -0.266. The number of carbonyl (C=O) groups is 1. The van der Waals surface area contributed by atoms with E-state index in [0.29, 0.717) is 21.7 Å². The lowest BCUT2D eigenvalue weighted by atomic mass is 9.80. The highest BCUT2D eigenvalue weighted by atomic mass is 35.5. The summed E-state index contributed by atoms with van der Waals surface area (Å²) >= 11 is 5.89. The molecule has 0 saturated heterocycles. The van der Waals surface area contributed by atoms with Crippen LogP contribution in [0.15, 0.2) is 84.9 Å². The van der Waals surface area contributed by atoms with Gasteiger partial charge in [0.05, 0.1) is 0 Å². The Morgan fingerprint density at radius 3 is 1.61 bits per heavy atom. The van der Waals surface area contributed by atoms with E-state index in [0.717, 1.165) is 0 Å². The van der Waals surface area contributed by atoms with Crippen LogP contribution in [0.5, 0.6) is 0 Å². The summed E-state index contributed by atoms with van der Waals surface area (Å²) in [5, 5.41) is 11.9. The number of benzene rings is 3. The lowest BCUT2D eigenvalue weighted by Gasteiger charge is -2.28. The second-order valence-corrected chi connectivity index (χ2v) is 5.71. The maximum atomic E-state index is 13.1. The molecule has 3 aromatic rings. The molecular formula is C20H15ClO2. The van der Waals surface area contributed by atoms with Crippen molar-refractivity contribution >= 4 is 17.4 Å². The molecule has 0 aliphatic heterocycles. The summed E-state index contributed by atoms with van der Waals surface area (Å²) < 4.78 is 0. The molecule has 23 heavy (non-hydrogen) atoms. The van der Waals surface area contributed by atoms with Crippen LogP contribution < -0.4 is 0 Å². The van der Waals surface area contributed by atoms with Crippen LogP contribution in [-0.4, -0.2) is 10.9 Å². The SMILES string of the molecule is O=C(c1ccc(Cl)cc1)C(O)(c1ccccc1)c1ccccc1. The van der Waals surface area contributed by atoms with Crippen molar-refractivity contribution in [1.82, 2.24) is 0 Å². The third kappa shape index (κ3) is 2.91. The molecule has 1 N–H and O–H groups in total. The van der Waals surface area contributed by atoms with Crippen molar-refractivity contribution < 1.29 is 9.90 Å². The summed E-state index contributed by atoms with van der Waals surface area (Å²) in [6.07, 6.45) is 0. The quantitative estimate of drug-likeness (QED) is 0.720. The summed E-state index contributed by atoms with van der Waals surface area (Å²) in [6.45, 7) is 0. The van der Waals surface area contributed by atoms with Gasteiger partial charge in [0.1, 0.15) is 0 Å². The van der Waals surface area contributed by atoms with Crippen LogP contribution in [0.1, 0.15) is 21.5 Å². The lowest BCUT2D eigenvalue weighted by molar-refractivity contribution is 0.0488. The van der Waals surface area contributed by atoms with E-state index < -0.39 is 5.60 Å². The van der Waals surface area contributed by atoms with Crippen LogP contribution in [-0.2, 0) is 5.60 Å². The standard InChI is InChI=1S/C20H15ClO2/c21-18-13-11-15(12-14-18)19(22)20(23,16-7-3-1-4-8-16)17-9-5-2-6-10-17/h1-14,23H.